The third-order valence-corrected chi connectivity index (χ3v) is 4.33. The molecule has 1 N–H and O–H groups in total. The summed E-state index contributed by atoms with van der Waals surface area (Å²) < 4.78 is 45.9. The Bertz CT molecular complexity index is 1050. The van der Waals surface area contributed by atoms with Crippen LogP contribution >= 0.6 is 0 Å². The van der Waals surface area contributed by atoms with Crippen LogP contribution in [-0.2, 0) is 10.9 Å². The Morgan fingerprint density at radius 1 is 0.933 bits per heavy atom. The average molecular weight is 413 g/mol. The molecule has 4 nitrogen and oxygen atoms in total. The Labute approximate surface area is 171 Å². The van der Waals surface area contributed by atoms with Crippen molar-refractivity contribution in [3.63, 3.8) is 0 Å². The molecular weight excluding hydrogens is 395 g/mol. The highest BCUT2D eigenvalue weighted by atomic mass is 19.4. The Morgan fingerprint density at radius 3 is 2.10 bits per heavy atom. The van der Waals surface area contributed by atoms with Crippen LogP contribution in [0.2, 0.25) is 0 Å². The van der Waals surface area contributed by atoms with Crippen molar-refractivity contribution in [2.24, 2.45) is 0 Å². The summed E-state index contributed by atoms with van der Waals surface area (Å²) >= 11 is 0. The normalized spacial score (nSPS) is 11.1. The molecule has 3 aromatic carbocycles. The van der Waals surface area contributed by atoms with Crippen molar-refractivity contribution in [2.75, 3.05) is 11.9 Å². The molecule has 0 fully saturated rings. The van der Waals surface area contributed by atoms with Gasteiger partial charge >= 0.3 is 12.1 Å². The number of rotatable bonds is 5. The molecule has 0 aliphatic rings. The summed E-state index contributed by atoms with van der Waals surface area (Å²) in [7, 11) is 0. The first kappa shape index (κ1) is 21.1. The van der Waals surface area contributed by atoms with Crippen LogP contribution in [0.4, 0.5) is 18.9 Å². The Balaban J connectivity index is 2.18. The minimum atomic E-state index is -4.78. The lowest BCUT2D eigenvalue weighted by atomic mass is 9.96. The van der Waals surface area contributed by atoms with Gasteiger partial charge in [-0.25, -0.2) is 4.79 Å². The number of ether oxygens (including phenoxy) is 1. The quantitative estimate of drug-likeness (QED) is 0.538. The molecule has 0 radical (unpaired) electrons. The number of carbonyl (C=O) groups is 2. The third-order valence-electron chi connectivity index (χ3n) is 4.33. The average Bonchev–Trinajstić information content (AvgIpc) is 2.74. The maximum absolute atomic E-state index is 13.7. The monoisotopic (exact) mass is 413 g/mol. The second kappa shape index (κ2) is 8.82. The van der Waals surface area contributed by atoms with Gasteiger partial charge in [0, 0.05) is 16.8 Å². The van der Waals surface area contributed by atoms with Crippen molar-refractivity contribution < 1.29 is 27.5 Å². The summed E-state index contributed by atoms with van der Waals surface area (Å²) in [5.41, 5.74) is -0.785. The first-order valence-corrected chi connectivity index (χ1v) is 9.15. The number of esters is 1. The van der Waals surface area contributed by atoms with E-state index in [9.17, 15) is 22.8 Å². The van der Waals surface area contributed by atoms with Gasteiger partial charge in [0.15, 0.2) is 0 Å². The molecule has 1 amide bonds. The fourth-order valence-electron chi connectivity index (χ4n) is 2.96. The van der Waals surface area contributed by atoms with Gasteiger partial charge in [0.25, 0.3) is 5.91 Å². The van der Waals surface area contributed by atoms with Crippen LogP contribution in [0.15, 0.2) is 72.8 Å². The number of anilines is 1. The van der Waals surface area contributed by atoms with Crippen LogP contribution in [0.1, 0.15) is 33.2 Å². The molecule has 0 aliphatic heterocycles. The zero-order valence-electron chi connectivity index (χ0n) is 16.0. The molecule has 3 rings (SSSR count). The Morgan fingerprint density at radius 2 is 1.53 bits per heavy atom. The fourth-order valence-corrected chi connectivity index (χ4v) is 2.96. The highest BCUT2D eigenvalue weighted by Crippen LogP contribution is 2.39. The maximum Gasteiger partial charge on any atom is 0.417 e. The first-order valence-electron chi connectivity index (χ1n) is 9.15. The van der Waals surface area contributed by atoms with Gasteiger partial charge in [-0.1, -0.05) is 48.5 Å². The first-order chi connectivity index (χ1) is 14.3. The van der Waals surface area contributed by atoms with Crippen molar-refractivity contribution in [1.82, 2.24) is 0 Å². The van der Waals surface area contributed by atoms with E-state index in [-0.39, 0.29) is 17.9 Å². The summed E-state index contributed by atoms with van der Waals surface area (Å²) in [6.07, 6.45) is -4.78. The van der Waals surface area contributed by atoms with Crippen molar-refractivity contribution >= 4 is 17.6 Å². The molecule has 30 heavy (non-hydrogen) atoms. The van der Waals surface area contributed by atoms with E-state index in [1.165, 1.54) is 6.92 Å². The molecule has 0 atom stereocenters. The van der Waals surface area contributed by atoms with Crippen LogP contribution in [0.5, 0.6) is 0 Å². The zero-order valence-corrected chi connectivity index (χ0v) is 16.0. The summed E-state index contributed by atoms with van der Waals surface area (Å²) in [5, 5.41) is 2.63. The molecule has 0 aromatic heterocycles. The highest BCUT2D eigenvalue weighted by molar-refractivity contribution is 6.07. The lowest BCUT2D eigenvalue weighted by molar-refractivity contribution is -0.138. The second-order valence-electron chi connectivity index (χ2n) is 6.35. The van der Waals surface area contributed by atoms with E-state index < -0.39 is 29.2 Å². The van der Waals surface area contributed by atoms with Gasteiger partial charge in [-0.2, -0.15) is 13.2 Å². The van der Waals surface area contributed by atoms with E-state index in [1.54, 1.807) is 60.7 Å². The highest BCUT2D eigenvalue weighted by Gasteiger charge is 2.37. The second-order valence-corrected chi connectivity index (χ2v) is 6.35. The number of halogens is 3. The van der Waals surface area contributed by atoms with Crippen molar-refractivity contribution in [3.8, 4) is 11.1 Å². The van der Waals surface area contributed by atoms with E-state index >= 15 is 0 Å². The number of amides is 1. The number of carbonyl (C=O) groups excluding carboxylic acids is 2. The van der Waals surface area contributed by atoms with Gasteiger partial charge in [0.1, 0.15) is 0 Å². The van der Waals surface area contributed by atoms with Gasteiger partial charge in [-0.3, -0.25) is 4.79 Å². The molecule has 0 aliphatic carbocycles. The van der Waals surface area contributed by atoms with Crippen LogP contribution in [-0.4, -0.2) is 18.5 Å². The Hall–Kier alpha value is -3.61. The molecule has 154 valence electrons. The van der Waals surface area contributed by atoms with E-state index in [0.717, 1.165) is 12.1 Å². The largest absolute Gasteiger partial charge is 0.462 e. The van der Waals surface area contributed by atoms with Crippen LogP contribution in [0.3, 0.4) is 0 Å². The molecule has 0 heterocycles. The molecule has 0 saturated carbocycles. The minimum absolute atomic E-state index is 0.0751. The SMILES string of the molecule is CCOC(=O)c1cc(NC(=O)c2ccccc2)c(-c2ccccc2)cc1C(F)(F)F. The van der Waals surface area contributed by atoms with Gasteiger partial charge in [0.2, 0.25) is 0 Å². The molecule has 7 heteroatoms. The third kappa shape index (κ3) is 4.68. The van der Waals surface area contributed by atoms with Crippen molar-refractivity contribution in [1.29, 1.82) is 0 Å². The lowest BCUT2D eigenvalue weighted by Gasteiger charge is -2.18. The maximum atomic E-state index is 13.7. The summed E-state index contributed by atoms with van der Waals surface area (Å²) in [4.78, 5) is 24.9. The number of alkyl halides is 3. The summed E-state index contributed by atoms with van der Waals surface area (Å²) in [6.45, 7) is 1.42. The Kier molecular flexibility index (Phi) is 6.20. The van der Waals surface area contributed by atoms with Gasteiger partial charge in [-0.05, 0) is 36.8 Å². The molecule has 0 unspecified atom stereocenters. The molecule has 0 spiro atoms. The van der Waals surface area contributed by atoms with Gasteiger partial charge < -0.3 is 10.1 Å². The number of benzene rings is 3. The lowest BCUT2D eigenvalue weighted by Crippen LogP contribution is -2.18. The van der Waals surface area contributed by atoms with E-state index in [4.69, 9.17) is 4.74 Å². The van der Waals surface area contributed by atoms with Gasteiger partial charge in [-0.15, -0.1) is 0 Å². The standard InChI is InChI=1S/C23H18F3NO3/c1-2-30-22(29)18-14-20(27-21(28)16-11-7-4-8-12-16)17(13-19(18)23(24,25)26)15-9-5-3-6-10-15/h3-14H,2H2,1H3,(H,27,28). The molecule has 3 aromatic rings. The van der Waals surface area contributed by atoms with Crippen LogP contribution < -0.4 is 5.32 Å². The molecular formula is C23H18F3NO3. The van der Waals surface area contributed by atoms with E-state index in [0.29, 0.717) is 11.1 Å². The summed E-state index contributed by atoms with van der Waals surface area (Å²) in [6, 6.07) is 18.4. The van der Waals surface area contributed by atoms with E-state index in [2.05, 4.69) is 5.32 Å². The summed E-state index contributed by atoms with van der Waals surface area (Å²) in [5.74, 6) is -1.62. The molecule has 0 saturated heterocycles. The predicted molar refractivity (Wildman–Crippen MR) is 107 cm³/mol. The van der Waals surface area contributed by atoms with Crippen LogP contribution in [0, 0.1) is 0 Å². The smallest absolute Gasteiger partial charge is 0.417 e. The van der Waals surface area contributed by atoms with Crippen molar-refractivity contribution in [3.05, 3.63) is 89.5 Å². The van der Waals surface area contributed by atoms with Crippen LogP contribution in [0.25, 0.3) is 11.1 Å². The fraction of sp³-hybridized carbons (Fsp3) is 0.130. The van der Waals surface area contributed by atoms with E-state index in [1.807, 2.05) is 0 Å². The minimum Gasteiger partial charge on any atom is -0.462 e. The molecule has 0 bridgehead atoms. The van der Waals surface area contributed by atoms with Crippen molar-refractivity contribution in [2.45, 2.75) is 13.1 Å². The number of nitrogens with one attached hydrogen (secondary N) is 1. The number of hydrogen-bond donors (Lipinski definition) is 1. The number of hydrogen-bond acceptors (Lipinski definition) is 3. The topological polar surface area (TPSA) is 55.4 Å². The predicted octanol–water partition coefficient (Wildman–Crippen LogP) is 5.80. The van der Waals surface area contributed by atoms with Gasteiger partial charge in [0.05, 0.1) is 17.7 Å². The zero-order chi connectivity index (χ0) is 21.7.